The first-order valence-corrected chi connectivity index (χ1v) is 9.13. The molecule has 2 aromatic rings. The Kier molecular flexibility index (Phi) is 6.79. The molecule has 1 saturated carbocycles. The van der Waals surface area contributed by atoms with E-state index in [2.05, 4.69) is 0 Å². The fraction of sp³-hybridized carbons (Fsp3) is 0.273. The van der Waals surface area contributed by atoms with Crippen LogP contribution in [0.2, 0.25) is 0 Å². The SMILES string of the molecule is Cc1ccccc1C(=O)OO[C]1CCC[CH]C1OOC(=O)c1ccccc1C. The molecule has 1 atom stereocenters. The summed E-state index contributed by atoms with van der Waals surface area (Å²) in [7, 11) is 0. The van der Waals surface area contributed by atoms with Gasteiger partial charge in [0.15, 0.2) is 6.10 Å². The highest BCUT2D eigenvalue weighted by atomic mass is 17.2. The van der Waals surface area contributed by atoms with E-state index in [0.29, 0.717) is 23.7 Å². The van der Waals surface area contributed by atoms with Crippen LogP contribution in [0.1, 0.15) is 51.1 Å². The van der Waals surface area contributed by atoms with Crippen molar-refractivity contribution in [1.29, 1.82) is 0 Å². The number of hydrogen-bond donors (Lipinski definition) is 0. The fourth-order valence-electron chi connectivity index (χ4n) is 2.88. The van der Waals surface area contributed by atoms with Gasteiger partial charge in [-0.1, -0.05) is 36.4 Å². The van der Waals surface area contributed by atoms with Crippen LogP contribution in [-0.4, -0.2) is 18.0 Å². The lowest BCUT2D eigenvalue weighted by molar-refractivity contribution is -0.311. The Morgan fingerprint density at radius 1 is 0.857 bits per heavy atom. The van der Waals surface area contributed by atoms with E-state index >= 15 is 0 Å². The van der Waals surface area contributed by atoms with E-state index in [-0.39, 0.29) is 0 Å². The molecule has 0 heterocycles. The van der Waals surface area contributed by atoms with Gasteiger partial charge in [-0.2, -0.15) is 9.78 Å². The molecule has 1 fully saturated rings. The summed E-state index contributed by atoms with van der Waals surface area (Å²) in [6, 6.07) is 14.1. The molecule has 6 nitrogen and oxygen atoms in total. The van der Waals surface area contributed by atoms with E-state index in [4.69, 9.17) is 19.6 Å². The molecular formula is C22H22O6. The largest absolute Gasteiger partial charge is 0.373 e. The molecular weight excluding hydrogens is 360 g/mol. The normalized spacial score (nSPS) is 17.1. The Morgan fingerprint density at radius 2 is 1.43 bits per heavy atom. The van der Waals surface area contributed by atoms with Crippen molar-refractivity contribution in [2.75, 3.05) is 0 Å². The lowest BCUT2D eigenvalue weighted by Crippen LogP contribution is -2.30. The molecule has 0 spiro atoms. The minimum Gasteiger partial charge on any atom is -0.292 e. The topological polar surface area (TPSA) is 71.1 Å². The van der Waals surface area contributed by atoms with Gasteiger partial charge in [0.05, 0.1) is 11.1 Å². The molecule has 0 saturated heterocycles. The third-order valence-corrected chi connectivity index (χ3v) is 4.51. The average Bonchev–Trinajstić information content (AvgIpc) is 2.71. The highest BCUT2D eigenvalue weighted by Gasteiger charge is 2.33. The summed E-state index contributed by atoms with van der Waals surface area (Å²) in [5, 5.41) is 0. The number of carbonyl (C=O) groups excluding carboxylic acids is 2. The molecule has 0 N–H and O–H groups in total. The Hall–Kier alpha value is -2.70. The molecule has 0 aromatic heterocycles. The number of hydrogen-bond acceptors (Lipinski definition) is 6. The van der Waals surface area contributed by atoms with Crippen molar-refractivity contribution in [1.82, 2.24) is 0 Å². The highest BCUT2D eigenvalue weighted by molar-refractivity contribution is 5.91. The second-order valence-electron chi connectivity index (χ2n) is 6.57. The molecule has 28 heavy (non-hydrogen) atoms. The summed E-state index contributed by atoms with van der Waals surface area (Å²) in [6.07, 6.45) is 3.61. The van der Waals surface area contributed by atoms with Crippen molar-refractivity contribution in [3.05, 3.63) is 83.3 Å². The molecule has 1 aliphatic rings. The molecule has 6 heteroatoms. The Labute approximate surface area is 164 Å². The zero-order valence-electron chi connectivity index (χ0n) is 15.8. The maximum absolute atomic E-state index is 12.2. The first-order valence-electron chi connectivity index (χ1n) is 9.13. The average molecular weight is 382 g/mol. The standard InChI is InChI=1S/C22H22O6/c1-15-9-3-5-11-17(15)21(23)27-25-19-13-7-8-14-20(19)26-28-22(24)18-12-6-4-10-16(18)2/h3-6,9-13,19H,7-8,14H2,1-2H3. The quantitative estimate of drug-likeness (QED) is 0.542. The lowest BCUT2D eigenvalue weighted by Gasteiger charge is -2.26. The minimum atomic E-state index is -0.702. The monoisotopic (exact) mass is 382 g/mol. The van der Waals surface area contributed by atoms with Gasteiger partial charge in [0.2, 0.25) is 0 Å². The first kappa shape index (κ1) is 20.0. The summed E-state index contributed by atoms with van der Waals surface area (Å²) in [5.41, 5.74) is 2.42. The number of aryl methyl sites for hydroxylation is 2. The predicted molar refractivity (Wildman–Crippen MR) is 101 cm³/mol. The van der Waals surface area contributed by atoms with Crippen molar-refractivity contribution < 1.29 is 29.1 Å². The summed E-state index contributed by atoms with van der Waals surface area (Å²) in [6.45, 7) is 3.63. The Morgan fingerprint density at radius 3 is 2.04 bits per heavy atom. The second-order valence-corrected chi connectivity index (χ2v) is 6.57. The van der Waals surface area contributed by atoms with Crippen LogP contribution in [-0.2, 0) is 19.6 Å². The Balaban J connectivity index is 1.55. The van der Waals surface area contributed by atoms with Crippen LogP contribution in [0.25, 0.3) is 0 Å². The molecule has 1 unspecified atom stereocenters. The zero-order valence-corrected chi connectivity index (χ0v) is 15.8. The van der Waals surface area contributed by atoms with Crippen molar-refractivity contribution >= 4 is 11.9 Å². The van der Waals surface area contributed by atoms with E-state index in [1.165, 1.54) is 0 Å². The summed E-state index contributed by atoms with van der Waals surface area (Å²) < 4.78 is 0. The van der Waals surface area contributed by atoms with Gasteiger partial charge < -0.3 is 0 Å². The van der Waals surface area contributed by atoms with Crippen LogP contribution in [0.5, 0.6) is 0 Å². The van der Waals surface area contributed by atoms with E-state index in [9.17, 15) is 9.59 Å². The van der Waals surface area contributed by atoms with Gasteiger partial charge in [-0.3, -0.25) is 9.78 Å². The van der Waals surface area contributed by atoms with E-state index in [1.807, 2.05) is 44.5 Å². The third-order valence-electron chi connectivity index (χ3n) is 4.51. The second kappa shape index (κ2) is 9.48. The molecule has 0 amide bonds. The van der Waals surface area contributed by atoms with E-state index < -0.39 is 18.0 Å². The molecule has 146 valence electrons. The van der Waals surface area contributed by atoms with Gasteiger partial charge in [-0.05, 0) is 62.8 Å². The summed E-state index contributed by atoms with van der Waals surface area (Å²) in [5.74, 6) is -1.18. The lowest BCUT2D eigenvalue weighted by atomic mass is 9.95. The highest BCUT2D eigenvalue weighted by Crippen LogP contribution is 2.30. The van der Waals surface area contributed by atoms with Crippen molar-refractivity contribution in [3.8, 4) is 0 Å². The van der Waals surface area contributed by atoms with Crippen LogP contribution in [0.4, 0.5) is 0 Å². The van der Waals surface area contributed by atoms with Gasteiger partial charge in [0.1, 0.15) is 6.10 Å². The van der Waals surface area contributed by atoms with Crippen molar-refractivity contribution in [3.63, 3.8) is 0 Å². The number of carbonyl (C=O) groups is 2. The van der Waals surface area contributed by atoms with Gasteiger partial charge >= 0.3 is 11.9 Å². The molecule has 2 aromatic carbocycles. The molecule has 2 radical (unpaired) electrons. The van der Waals surface area contributed by atoms with Crippen LogP contribution >= 0.6 is 0 Å². The third kappa shape index (κ3) is 4.97. The fourth-order valence-corrected chi connectivity index (χ4v) is 2.88. The molecule has 0 bridgehead atoms. The molecule has 0 aliphatic heterocycles. The maximum Gasteiger partial charge on any atom is 0.373 e. The van der Waals surface area contributed by atoms with E-state index in [1.54, 1.807) is 24.3 Å². The Bertz CT molecular complexity index is 762. The van der Waals surface area contributed by atoms with Gasteiger partial charge in [-0.25, -0.2) is 9.59 Å². The minimum absolute atomic E-state index is 0.380. The predicted octanol–water partition coefficient (Wildman–Crippen LogP) is 4.47. The van der Waals surface area contributed by atoms with Crippen molar-refractivity contribution in [2.24, 2.45) is 0 Å². The number of rotatable bonds is 6. The van der Waals surface area contributed by atoms with Gasteiger partial charge in [0, 0.05) is 0 Å². The van der Waals surface area contributed by atoms with Crippen LogP contribution in [0, 0.1) is 26.4 Å². The molecule has 1 aliphatic carbocycles. The van der Waals surface area contributed by atoms with Crippen molar-refractivity contribution in [2.45, 2.75) is 39.2 Å². The zero-order chi connectivity index (χ0) is 19.9. The first-order chi connectivity index (χ1) is 13.6. The van der Waals surface area contributed by atoms with Gasteiger partial charge in [-0.15, -0.1) is 0 Å². The van der Waals surface area contributed by atoms with Crippen LogP contribution in [0.15, 0.2) is 48.5 Å². The van der Waals surface area contributed by atoms with Crippen LogP contribution < -0.4 is 0 Å². The maximum atomic E-state index is 12.2. The smallest absolute Gasteiger partial charge is 0.292 e. The summed E-state index contributed by atoms with van der Waals surface area (Å²) in [4.78, 5) is 44.9. The molecule has 3 rings (SSSR count). The van der Waals surface area contributed by atoms with E-state index in [0.717, 1.165) is 24.0 Å². The number of benzene rings is 2. The van der Waals surface area contributed by atoms with Crippen LogP contribution in [0.3, 0.4) is 0 Å². The van der Waals surface area contributed by atoms with Gasteiger partial charge in [0.25, 0.3) is 0 Å². The summed E-state index contributed by atoms with van der Waals surface area (Å²) >= 11 is 0.